The predicted octanol–water partition coefficient (Wildman–Crippen LogP) is 2.13. The highest BCUT2D eigenvalue weighted by atomic mass is 16.5. The van der Waals surface area contributed by atoms with Gasteiger partial charge in [-0.3, -0.25) is 9.59 Å². The van der Waals surface area contributed by atoms with Gasteiger partial charge in [-0.15, -0.1) is 0 Å². The first-order valence-electron chi connectivity index (χ1n) is 6.71. The molecule has 0 fully saturated rings. The second-order valence-electron chi connectivity index (χ2n) is 4.92. The van der Waals surface area contributed by atoms with Crippen LogP contribution in [0.3, 0.4) is 0 Å². The van der Waals surface area contributed by atoms with E-state index in [-0.39, 0.29) is 11.3 Å². The van der Waals surface area contributed by atoms with Gasteiger partial charge in [-0.1, -0.05) is 6.07 Å². The van der Waals surface area contributed by atoms with Crippen LogP contribution in [-0.2, 0) is 16.0 Å². The number of ketones is 2. The van der Waals surface area contributed by atoms with Crippen molar-refractivity contribution in [3.05, 3.63) is 46.9 Å². The number of ether oxygens (including phenoxy) is 1. The average molecular weight is 304 g/mol. The lowest BCUT2D eigenvalue weighted by Crippen LogP contribution is -2.19. The molecular weight excluding hydrogens is 288 g/mol. The van der Waals surface area contributed by atoms with Crippen LogP contribution in [0.1, 0.15) is 18.4 Å². The second-order valence-corrected chi connectivity index (χ2v) is 4.92. The Morgan fingerprint density at radius 1 is 1.05 bits per heavy atom. The smallest absolute Gasteiger partial charge is 0.227 e. The van der Waals surface area contributed by atoms with E-state index in [1.54, 1.807) is 12.1 Å². The van der Waals surface area contributed by atoms with E-state index in [1.165, 1.54) is 13.2 Å². The van der Waals surface area contributed by atoms with Crippen molar-refractivity contribution in [1.29, 1.82) is 0 Å². The first-order chi connectivity index (χ1) is 10.4. The molecule has 116 valence electrons. The molecule has 1 aromatic carbocycles. The zero-order valence-electron chi connectivity index (χ0n) is 12.0. The molecule has 1 aromatic rings. The van der Waals surface area contributed by atoms with Gasteiger partial charge in [-0.05, 0) is 43.0 Å². The minimum Gasteiger partial charge on any atom is -0.504 e. The number of benzene rings is 1. The van der Waals surface area contributed by atoms with Crippen LogP contribution in [0.25, 0.3) is 0 Å². The number of carbonyl (C=O) groups excluding carboxylic acids is 2. The zero-order chi connectivity index (χ0) is 16.3. The van der Waals surface area contributed by atoms with Crippen molar-refractivity contribution in [2.75, 3.05) is 7.11 Å². The van der Waals surface area contributed by atoms with E-state index in [0.29, 0.717) is 25.0 Å². The van der Waals surface area contributed by atoms with Crippen LogP contribution in [0, 0.1) is 0 Å². The van der Waals surface area contributed by atoms with E-state index >= 15 is 0 Å². The molecule has 0 aromatic heterocycles. The Hall–Kier alpha value is -2.76. The van der Waals surface area contributed by atoms with E-state index in [9.17, 15) is 24.9 Å². The number of aromatic hydroxyl groups is 1. The summed E-state index contributed by atoms with van der Waals surface area (Å²) in [4.78, 5) is 23.1. The largest absolute Gasteiger partial charge is 0.504 e. The second kappa shape index (κ2) is 6.34. The highest BCUT2D eigenvalue weighted by molar-refractivity contribution is 6.20. The highest BCUT2D eigenvalue weighted by Gasteiger charge is 2.27. The number of phenols is 1. The van der Waals surface area contributed by atoms with Gasteiger partial charge in [0.25, 0.3) is 0 Å². The lowest BCUT2D eigenvalue weighted by Gasteiger charge is -2.12. The quantitative estimate of drug-likeness (QED) is 0.720. The van der Waals surface area contributed by atoms with Gasteiger partial charge in [0.1, 0.15) is 0 Å². The average Bonchev–Trinajstić information content (AvgIpc) is 2.51. The van der Waals surface area contributed by atoms with Crippen molar-refractivity contribution < 1.29 is 29.6 Å². The number of aliphatic hydroxyl groups excluding tert-OH is 2. The van der Waals surface area contributed by atoms with Gasteiger partial charge in [0.2, 0.25) is 23.1 Å². The molecule has 2 rings (SSSR count). The fraction of sp³-hybridized carbons (Fsp3) is 0.250. The van der Waals surface area contributed by atoms with Crippen LogP contribution in [0.5, 0.6) is 11.5 Å². The van der Waals surface area contributed by atoms with Crippen LogP contribution < -0.4 is 4.74 Å². The fourth-order valence-corrected chi connectivity index (χ4v) is 2.21. The number of aryl methyl sites for hydroxylation is 1. The fourth-order valence-electron chi connectivity index (χ4n) is 2.21. The molecule has 0 bridgehead atoms. The highest BCUT2D eigenvalue weighted by Crippen LogP contribution is 2.27. The molecule has 1 aliphatic carbocycles. The third-order valence-electron chi connectivity index (χ3n) is 3.43. The molecular formula is C16H16O6. The number of Topliss-reactive ketones (excluding diaryl/α,β-unsaturated/α-hetero) is 1. The Morgan fingerprint density at radius 2 is 1.77 bits per heavy atom. The molecule has 3 N–H and O–H groups in total. The Morgan fingerprint density at radius 3 is 2.45 bits per heavy atom. The standard InChI is InChI=1S/C16H16O6/c1-22-13-7-9(5-6-11(13)17)3-2-4-10-8-12(18)15(20)16(21)14(10)19/h5-8,17,20-21H,2-4H2,1H3. The molecule has 0 amide bonds. The van der Waals surface area contributed by atoms with Crippen LogP contribution in [-0.4, -0.2) is 34.0 Å². The molecule has 0 heterocycles. The van der Waals surface area contributed by atoms with E-state index in [4.69, 9.17) is 4.74 Å². The van der Waals surface area contributed by atoms with Gasteiger partial charge in [-0.2, -0.15) is 0 Å². The van der Waals surface area contributed by atoms with Gasteiger partial charge in [0.05, 0.1) is 7.11 Å². The molecule has 0 spiro atoms. The van der Waals surface area contributed by atoms with Crippen molar-refractivity contribution in [3.8, 4) is 11.5 Å². The molecule has 0 unspecified atom stereocenters. The third kappa shape index (κ3) is 3.11. The van der Waals surface area contributed by atoms with Crippen LogP contribution >= 0.6 is 0 Å². The molecule has 0 atom stereocenters. The van der Waals surface area contributed by atoms with Crippen LogP contribution in [0.4, 0.5) is 0 Å². The molecule has 6 heteroatoms. The van der Waals surface area contributed by atoms with Crippen LogP contribution in [0.2, 0.25) is 0 Å². The summed E-state index contributed by atoms with van der Waals surface area (Å²) < 4.78 is 5.01. The summed E-state index contributed by atoms with van der Waals surface area (Å²) in [7, 11) is 1.46. The predicted molar refractivity (Wildman–Crippen MR) is 78.0 cm³/mol. The molecule has 0 aliphatic heterocycles. The maximum atomic E-state index is 11.7. The van der Waals surface area contributed by atoms with E-state index < -0.39 is 23.1 Å². The topological polar surface area (TPSA) is 104 Å². The molecule has 22 heavy (non-hydrogen) atoms. The number of hydrogen-bond donors (Lipinski definition) is 3. The van der Waals surface area contributed by atoms with Gasteiger partial charge < -0.3 is 20.1 Å². The Balaban J connectivity index is 1.99. The number of hydrogen-bond acceptors (Lipinski definition) is 6. The summed E-state index contributed by atoms with van der Waals surface area (Å²) in [5, 5.41) is 28.1. The first kappa shape index (κ1) is 15.6. The van der Waals surface area contributed by atoms with Crippen molar-refractivity contribution in [2.45, 2.75) is 19.3 Å². The number of rotatable bonds is 5. The van der Waals surface area contributed by atoms with Crippen molar-refractivity contribution in [3.63, 3.8) is 0 Å². The minimum atomic E-state index is -0.906. The number of methoxy groups -OCH3 is 1. The molecule has 6 nitrogen and oxygen atoms in total. The van der Waals surface area contributed by atoms with Crippen molar-refractivity contribution in [2.24, 2.45) is 0 Å². The first-order valence-corrected chi connectivity index (χ1v) is 6.71. The van der Waals surface area contributed by atoms with Crippen LogP contribution in [0.15, 0.2) is 41.4 Å². The lowest BCUT2D eigenvalue weighted by molar-refractivity contribution is -0.119. The SMILES string of the molecule is COc1cc(CCCC2=CC(=O)C(O)=C(O)C2=O)ccc1O. The number of phenolic OH excluding ortho intramolecular Hbond substituents is 1. The summed E-state index contributed by atoms with van der Waals surface area (Å²) in [5.74, 6) is -2.87. The summed E-state index contributed by atoms with van der Waals surface area (Å²) in [6, 6.07) is 4.96. The maximum Gasteiger partial charge on any atom is 0.227 e. The maximum absolute atomic E-state index is 11.7. The minimum absolute atomic E-state index is 0.0487. The molecule has 0 radical (unpaired) electrons. The van der Waals surface area contributed by atoms with Crippen molar-refractivity contribution >= 4 is 11.6 Å². The monoisotopic (exact) mass is 304 g/mol. The van der Waals surface area contributed by atoms with E-state index in [0.717, 1.165) is 11.6 Å². The summed E-state index contributed by atoms with van der Waals surface area (Å²) in [5.41, 5.74) is 1.08. The van der Waals surface area contributed by atoms with Gasteiger partial charge in [0, 0.05) is 5.57 Å². The van der Waals surface area contributed by atoms with Gasteiger partial charge in [-0.25, -0.2) is 0 Å². The molecule has 0 saturated carbocycles. The summed E-state index contributed by atoms with van der Waals surface area (Å²) in [6.45, 7) is 0. The summed E-state index contributed by atoms with van der Waals surface area (Å²) >= 11 is 0. The number of allylic oxidation sites excluding steroid dienone is 2. The summed E-state index contributed by atoms with van der Waals surface area (Å²) in [6.07, 6.45) is 2.51. The van der Waals surface area contributed by atoms with Gasteiger partial charge >= 0.3 is 0 Å². The zero-order valence-corrected chi connectivity index (χ0v) is 12.0. The Kier molecular flexibility index (Phi) is 4.50. The Bertz CT molecular complexity index is 684. The molecule has 0 saturated heterocycles. The Labute approximate surface area is 127 Å². The number of aliphatic hydroxyl groups is 2. The number of carbonyl (C=O) groups is 2. The van der Waals surface area contributed by atoms with Gasteiger partial charge in [0.15, 0.2) is 11.5 Å². The van der Waals surface area contributed by atoms with E-state index in [1.807, 2.05) is 0 Å². The van der Waals surface area contributed by atoms with E-state index in [2.05, 4.69) is 0 Å². The lowest BCUT2D eigenvalue weighted by atomic mass is 9.95. The molecule has 1 aliphatic rings. The normalized spacial score (nSPS) is 15.0. The van der Waals surface area contributed by atoms with Crippen molar-refractivity contribution in [1.82, 2.24) is 0 Å². The third-order valence-corrected chi connectivity index (χ3v) is 3.43.